The van der Waals surface area contributed by atoms with Crippen LogP contribution in [0.3, 0.4) is 0 Å². The predicted octanol–water partition coefficient (Wildman–Crippen LogP) is 0.405. The van der Waals surface area contributed by atoms with Gasteiger partial charge in [0.1, 0.15) is 0 Å². The molecule has 3 nitrogen and oxygen atoms in total. The van der Waals surface area contributed by atoms with Crippen LogP contribution in [0.1, 0.15) is 25.7 Å². The second kappa shape index (κ2) is 2.45. The van der Waals surface area contributed by atoms with Crippen LogP contribution in [-0.4, -0.2) is 23.8 Å². The zero-order valence-corrected chi connectivity index (χ0v) is 7.14. The van der Waals surface area contributed by atoms with Crippen LogP contribution in [0.5, 0.6) is 0 Å². The molecule has 0 radical (unpaired) electrons. The van der Waals surface area contributed by atoms with Crippen LogP contribution in [0, 0.1) is 16.7 Å². The topological polar surface area (TPSA) is 56.0 Å². The Morgan fingerprint density at radius 1 is 1.33 bits per heavy atom. The van der Waals surface area contributed by atoms with Crippen LogP contribution in [-0.2, 0) is 0 Å². The Hall–Kier alpha value is -0.590. The third kappa shape index (κ3) is 0.825. The molecule has 0 bridgehead atoms. The Kier molecular flexibility index (Phi) is 1.64. The van der Waals surface area contributed by atoms with Crippen molar-refractivity contribution in [2.24, 2.45) is 5.41 Å². The van der Waals surface area contributed by atoms with E-state index in [0.29, 0.717) is 6.54 Å². The van der Waals surface area contributed by atoms with Crippen LogP contribution < -0.4 is 5.32 Å². The first-order valence-electron chi connectivity index (χ1n) is 4.57. The van der Waals surface area contributed by atoms with E-state index in [4.69, 9.17) is 5.26 Å². The highest BCUT2D eigenvalue weighted by Crippen LogP contribution is 2.50. The minimum atomic E-state index is -0.736. The van der Waals surface area contributed by atoms with Crippen molar-refractivity contribution in [3.63, 3.8) is 0 Å². The van der Waals surface area contributed by atoms with Gasteiger partial charge in [0.25, 0.3) is 0 Å². The van der Waals surface area contributed by atoms with Crippen molar-refractivity contribution in [3.05, 3.63) is 0 Å². The number of hydrogen-bond donors (Lipinski definition) is 2. The summed E-state index contributed by atoms with van der Waals surface area (Å²) in [5.41, 5.74) is -1.16. The number of aliphatic hydroxyl groups is 1. The molecule has 66 valence electrons. The van der Waals surface area contributed by atoms with Gasteiger partial charge in [0, 0.05) is 6.54 Å². The molecule has 12 heavy (non-hydrogen) atoms. The van der Waals surface area contributed by atoms with Crippen molar-refractivity contribution in [1.82, 2.24) is 5.32 Å². The molecule has 2 rings (SSSR count). The van der Waals surface area contributed by atoms with Crippen molar-refractivity contribution in [2.45, 2.75) is 31.3 Å². The Labute approximate surface area is 72.4 Å². The highest BCUT2D eigenvalue weighted by Gasteiger charge is 2.55. The first-order valence-corrected chi connectivity index (χ1v) is 4.57. The molecule has 2 fully saturated rings. The van der Waals surface area contributed by atoms with E-state index in [0.717, 1.165) is 32.2 Å². The monoisotopic (exact) mass is 166 g/mol. The quantitative estimate of drug-likeness (QED) is 0.593. The van der Waals surface area contributed by atoms with Crippen LogP contribution in [0.2, 0.25) is 0 Å². The number of hydrogen-bond acceptors (Lipinski definition) is 3. The van der Waals surface area contributed by atoms with E-state index in [1.54, 1.807) is 0 Å². The molecule has 1 unspecified atom stereocenters. The van der Waals surface area contributed by atoms with Crippen molar-refractivity contribution in [2.75, 3.05) is 13.1 Å². The van der Waals surface area contributed by atoms with E-state index in [-0.39, 0.29) is 0 Å². The summed E-state index contributed by atoms with van der Waals surface area (Å²) in [5, 5.41) is 22.3. The molecular weight excluding hydrogens is 152 g/mol. The summed E-state index contributed by atoms with van der Waals surface area (Å²) in [6.07, 6.45) is 3.58. The summed E-state index contributed by atoms with van der Waals surface area (Å²) in [6.45, 7) is 1.44. The minimum Gasteiger partial charge on any atom is -0.387 e. The lowest BCUT2D eigenvalue weighted by Crippen LogP contribution is -2.53. The van der Waals surface area contributed by atoms with Gasteiger partial charge in [0.15, 0.2) is 0 Å². The molecule has 1 saturated heterocycles. The van der Waals surface area contributed by atoms with E-state index in [2.05, 4.69) is 11.4 Å². The molecule has 0 aromatic heterocycles. The van der Waals surface area contributed by atoms with E-state index in [1.807, 2.05) is 0 Å². The molecule has 3 heteroatoms. The maximum absolute atomic E-state index is 10.2. The fourth-order valence-electron chi connectivity index (χ4n) is 2.30. The molecule has 1 aliphatic carbocycles. The average molecular weight is 166 g/mol. The lowest BCUT2D eigenvalue weighted by Gasteiger charge is -2.46. The Morgan fingerprint density at radius 2 is 2.08 bits per heavy atom. The van der Waals surface area contributed by atoms with Gasteiger partial charge in [-0.3, -0.25) is 0 Å². The number of rotatable bonds is 1. The Morgan fingerprint density at radius 3 is 2.42 bits per heavy atom. The van der Waals surface area contributed by atoms with Gasteiger partial charge >= 0.3 is 0 Å². The number of nitrogens with one attached hydrogen (secondary N) is 1. The lowest BCUT2D eigenvalue weighted by atomic mass is 9.59. The smallest absolute Gasteiger partial charge is 0.0968 e. The molecule has 1 atom stereocenters. The van der Waals surface area contributed by atoms with Gasteiger partial charge in [0.05, 0.1) is 17.1 Å². The average Bonchev–Trinajstić information content (AvgIpc) is 2.35. The zero-order valence-electron chi connectivity index (χ0n) is 7.14. The van der Waals surface area contributed by atoms with Crippen molar-refractivity contribution < 1.29 is 5.11 Å². The molecule has 1 saturated carbocycles. The predicted molar refractivity (Wildman–Crippen MR) is 44.3 cm³/mol. The molecule has 2 N–H and O–H groups in total. The number of β-amino-alcohol motifs (C(OH)–C–C–N with tert-alkyl or cyclic N) is 1. The molecule has 0 amide bonds. The highest BCUT2D eigenvalue weighted by atomic mass is 16.3. The molecule has 1 heterocycles. The number of nitriles is 1. The van der Waals surface area contributed by atoms with Gasteiger partial charge in [-0.2, -0.15) is 5.26 Å². The summed E-state index contributed by atoms with van der Waals surface area (Å²) in [4.78, 5) is 0. The van der Waals surface area contributed by atoms with Crippen molar-refractivity contribution >= 4 is 0 Å². The second-order valence-electron chi connectivity index (χ2n) is 4.01. The first-order chi connectivity index (χ1) is 5.72. The Bertz CT molecular complexity index is 221. The third-order valence-electron chi connectivity index (χ3n) is 3.44. The summed E-state index contributed by atoms with van der Waals surface area (Å²) in [6, 6.07) is 2.31. The van der Waals surface area contributed by atoms with Gasteiger partial charge in [-0.15, -0.1) is 0 Å². The summed E-state index contributed by atoms with van der Waals surface area (Å²) in [7, 11) is 0. The van der Waals surface area contributed by atoms with Crippen molar-refractivity contribution in [3.8, 4) is 6.07 Å². The van der Waals surface area contributed by atoms with Gasteiger partial charge < -0.3 is 10.4 Å². The van der Waals surface area contributed by atoms with E-state index in [1.165, 1.54) is 0 Å². The van der Waals surface area contributed by atoms with Crippen LogP contribution in [0.25, 0.3) is 0 Å². The van der Waals surface area contributed by atoms with Gasteiger partial charge in [-0.05, 0) is 25.8 Å². The normalized spacial score (nSPS) is 38.7. The first kappa shape index (κ1) is 8.03. The fraction of sp³-hybridized carbons (Fsp3) is 0.889. The maximum atomic E-state index is 10.2. The summed E-state index contributed by atoms with van der Waals surface area (Å²) < 4.78 is 0. The number of nitrogens with zero attached hydrogens (tertiary/aromatic N) is 1. The lowest BCUT2D eigenvalue weighted by molar-refractivity contribution is -0.0780. The van der Waals surface area contributed by atoms with E-state index < -0.39 is 11.0 Å². The van der Waals surface area contributed by atoms with Crippen molar-refractivity contribution in [1.29, 1.82) is 5.26 Å². The molecule has 1 aliphatic heterocycles. The van der Waals surface area contributed by atoms with E-state index >= 15 is 0 Å². The largest absolute Gasteiger partial charge is 0.387 e. The summed E-state index contributed by atoms with van der Waals surface area (Å²) >= 11 is 0. The zero-order chi connectivity index (χ0) is 8.66. The van der Waals surface area contributed by atoms with Crippen LogP contribution in [0.4, 0.5) is 0 Å². The fourth-order valence-corrected chi connectivity index (χ4v) is 2.30. The highest BCUT2D eigenvalue weighted by molar-refractivity contribution is 5.17. The molecule has 0 aromatic rings. The van der Waals surface area contributed by atoms with Gasteiger partial charge in [-0.25, -0.2) is 0 Å². The van der Waals surface area contributed by atoms with Crippen LogP contribution in [0.15, 0.2) is 0 Å². The molecule has 2 aliphatic rings. The van der Waals surface area contributed by atoms with Gasteiger partial charge in [-0.1, -0.05) is 6.42 Å². The van der Waals surface area contributed by atoms with Gasteiger partial charge in [0.2, 0.25) is 0 Å². The molecule has 0 spiro atoms. The molecule has 0 aromatic carbocycles. The third-order valence-corrected chi connectivity index (χ3v) is 3.44. The SMILES string of the molecule is N#CC1(C2(O)CCNC2)CCC1. The standard InChI is InChI=1S/C9H14N2O/c10-6-8(2-1-3-8)9(12)4-5-11-7-9/h11-12H,1-5,7H2. The maximum Gasteiger partial charge on any atom is 0.0968 e. The second-order valence-corrected chi connectivity index (χ2v) is 4.01. The van der Waals surface area contributed by atoms with E-state index in [9.17, 15) is 5.11 Å². The summed E-state index contributed by atoms with van der Waals surface area (Å²) in [5.74, 6) is 0. The van der Waals surface area contributed by atoms with Crippen LogP contribution >= 0.6 is 0 Å². The minimum absolute atomic E-state index is 0.420. The molecular formula is C9H14N2O. The Balaban J connectivity index is 2.21.